The molecule has 2 atom stereocenters. The first-order valence-electron chi connectivity index (χ1n) is 10.8. The maximum absolute atomic E-state index is 13.5. The summed E-state index contributed by atoms with van der Waals surface area (Å²) < 4.78 is 31.8. The highest BCUT2D eigenvalue weighted by atomic mass is 35.5. The van der Waals surface area contributed by atoms with E-state index in [0.717, 1.165) is 11.4 Å². The lowest BCUT2D eigenvalue weighted by Crippen LogP contribution is -2.34. The third kappa shape index (κ3) is 7.01. The van der Waals surface area contributed by atoms with E-state index in [4.69, 9.17) is 25.6 Å². The van der Waals surface area contributed by atoms with Crippen molar-refractivity contribution in [1.82, 2.24) is 20.0 Å². The van der Waals surface area contributed by atoms with Crippen LogP contribution in [0.3, 0.4) is 0 Å². The van der Waals surface area contributed by atoms with Crippen LogP contribution in [0.25, 0.3) is 5.70 Å². The number of nitrogens with one attached hydrogen (secondary N) is 2. The Labute approximate surface area is 203 Å². The Morgan fingerprint density at radius 2 is 2.21 bits per heavy atom. The van der Waals surface area contributed by atoms with Crippen LogP contribution in [0, 0.1) is 0 Å². The smallest absolute Gasteiger partial charge is 0.323 e. The quantitative estimate of drug-likeness (QED) is 0.250. The van der Waals surface area contributed by atoms with Crippen LogP contribution in [0.2, 0.25) is 5.02 Å². The number of fused-ring (bicyclic) bond motifs is 1. The minimum atomic E-state index is -3.58. The van der Waals surface area contributed by atoms with Crippen LogP contribution >= 0.6 is 19.1 Å². The fraction of sp³-hybridized carbons (Fsp3) is 0.409. The van der Waals surface area contributed by atoms with Gasteiger partial charge in [0.2, 0.25) is 0 Å². The molecule has 0 spiro atoms. The lowest BCUT2D eigenvalue weighted by molar-refractivity contribution is -0.144. The molecule has 0 saturated heterocycles. The minimum Gasteiger partial charge on any atom is -0.465 e. The number of halogens is 1. The Hall–Kier alpha value is -2.49. The Morgan fingerprint density at radius 3 is 2.94 bits per heavy atom. The summed E-state index contributed by atoms with van der Waals surface area (Å²) >= 11 is 6.02. The molecule has 1 aromatic heterocycles. The SMILES string of the molecule is C=C1NC(C)=Nc2c1ncn2CCOCP(=O)(NC(C)C(=O)OCC)OCc1cccc(Cl)c1. The summed E-state index contributed by atoms with van der Waals surface area (Å²) in [7, 11) is -3.58. The fourth-order valence-corrected chi connectivity index (χ4v) is 5.07. The van der Waals surface area contributed by atoms with Gasteiger partial charge in [-0.3, -0.25) is 9.36 Å². The van der Waals surface area contributed by atoms with Gasteiger partial charge in [-0.25, -0.2) is 15.1 Å². The zero-order chi connectivity index (χ0) is 24.7. The van der Waals surface area contributed by atoms with Crippen molar-refractivity contribution in [3.63, 3.8) is 0 Å². The zero-order valence-electron chi connectivity index (χ0n) is 19.4. The zero-order valence-corrected chi connectivity index (χ0v) is 21.1. The van der Waals surface area contributed by atoms with Gasteiger partial charge in [-0.15, -0.1) is 0 Å². The van der Waals surface area contributed by atoms with Gasteiger partial charge in [0, 0.05) is 11.6 Å². The van der Waals surface area contributed by atoms with Gasteiger partial charge in [0.25, 0.3) is 7.52 Å². The largest absolute Gasteiger partial charge is 0.465 e. The number of rotatable bonds is 12. The Bertz CT molecular complexity index is 1120. The van der Waals surface area contributed by atoms with Crippen molar-refractivity contribution in [2.24, 2.45) is 4.99 Å². The number of aliphatic imine (C=N–C) groups is 1. The molecule has 0 radical (unpaired) electrons. The number of carbonyl (C=O) groups is 1. The highest BCUT2D eigenvalue weighted by Gasteiger charge is 2.30. The van der Waals surface area contributed by atoms with Crippen molar-refractivity contribution < 1.29 is 23.4 Å². The number of esters is 1. The number of hydrogen-bond acceptors (Lipinski definition) is 8. The number of amidine groups is 1. The molecule has 0 bridgehead atoms. The highest BCUT2D eigenvalue weighted by molar-refractivity contribution is 7.56. The normalized spacial score (nSPS) is 15.6. The van der Waals surface area contributed by atoms with Gasteiger partial charge in [-0.1, -0.05) is 30.3 Å². The summed E-state index contributed by atoms with van der Waals surface area (Å²) in [5, 5.41) is 6.34. The topological polar surface area (TPSA) is 116 Å². The summed E-state index contributed by atoms with van der Waals surface area (Å²) in [5.41, 5.74) is 2.09. The van der Waals surface area contributed by atoms with Crippen molar-refractivity contribution >= 4 is 42.4 Å². The van der Waals surface area contributed by atoms with Gasteiger partial charge >= 0.3 is 5.97 Å². The second-order valence-electron chi connectivity index (χ2n) is 7.63. The molecule has 1 aliphatic heterocycles. The van der Waals surface area contributed by atoms with E-state index < -0.39 is 19.5 Å². The van der Waals surface area contributed by atoms with Gasteiger partial charge in [0.1, 0.15) is 23.9 Å². The standard InChI is InChI=1S/C22H29ClN5O5P/c1-5-32-22(29)16(3)27-34(30,33-12-18-7-6-8-19(23)11-18)14-31-10-9-28-13-24-20-15(2)25-17(4)26-21(20)28/h6-8,11,13,16H,2,5,9-10,12,14H2,1,3-4H3,(H,25,26)(H,27,30). The Morgan fingerprint density at radius 1 is 1.41 bits per heavy atom. The van der Waals surface area contributed by atoms with Crippen molar-refractivity contribution in [2.75, 3.05) is 19.6 Å². The van der Waals surface area contributed by atoms with E-state index in [1.54, 1.807) is 44.4 Å². The Kier molecular flexibility index (Phi) is 9.04. The molecule has 0 saturated carbocycles. The molecule has 1 aliphatic rings. The van der Waals surface area contributed by atoms with E-state index in [1.165, 1.54) is 0 Å². The first kappa shape index (κ1) is 26.1. The molecule has 2 unspecified atom stereocenters. The number of imidazole rings is 1. The Balaban J connectivity index is 1.62. The van der Waals surface area contributed by atoms with Crippen LogP contribution in [-0.4, -0.2) is 47.0 Å². The van der Waals surface area contributed by atoms with Gasteiger partial charge in [-0.2, -0.15) is 0 Å². The van der Waals surface area contributed by atoms with E-state index in [9.17, 15) is 9.36 Å². The number of nitrogens with zero attached hydrogens (tertiary/aromatic N) is 3. The molecular weight excluding hydrogens is 481 g/mol. The molecule has 12 heteroatoms. The lowest BCUT2D eigenvalue weighted by Gasteiger charge is -2.23. The van der Waals surface area contributed by atoms with Gasteiger partial charge in [0.05, 0.1) is 31.8 Å². The van der Waals surface area contributed by atoms with E-state index in [2.05, 4.69) is 27.0 Å². The average molecular weight is 510 g/mol. The van der Waals surface area contributed by atoms with Crippen molar-refractivity contribution in [1.29, 1.82) is 0 Å². The molecule has 0 fully saturated rings. The maximum Gasteiger partial charge on any atom is 0.323 e. The molecule has 2 N–H and O–H groups in total. The molecule has 3 rings (SSSR count). The molecule has 2 heterocycles. The second kappa shape index (κ2) is 11.8. The van der Waals surface area contributed by atoms with Gasteiger partial charge < -0.3 is 23.9 Å². The fourth-order valence-electron chi connectivity index (χ4n) is 3.21. The predicted molar refractivity (Wildman–Crippen MR) is 131 cm³/mol. The number of hydrogen-bond donors (Lipinski definition) is 2. The molecule has 10 nitrogen and oxygen atoms in total. The molecule has 0 amide bonds. The van der Waals surface area contributed by atoms with Crippen LogP contribution in [0.15, 0.2) is 42.2 Å². The van der Waals surface area contributed by atoms with Crippen molar-refractivity contribution in [3.8, 4) is 0 Å². The average Bonchev–Trinajstić information content (AvgIpc) is 3.19. The maximum atomic E-state index is 13.5. The molecule has 2 aromatic rings. The van der Waals surface area contributed by atoms with Gasteiger partial charge in [0.15, 0.2) is 5.82 Å². The number of aromatic nitrogens is 2. The van der Waals surface area contributed by atoms with Gasteiger partial charge in [-0.05, 0) is 38.5 Å². The van der Waals surface area contributed by atoms with Crippen LogP contribution in [-0.2, 0) is 36.5 Å². The summed E-state index contributed by atoms with van der Waals surface area (Å²) in [4.78, 5) is 20.9. The molecule has 0 aliphatic carbocycles. The monoisotopic (exact) mass is 509 g/mol. The number of carbonyl (C=O) groups excluding carboxylic acids is 1. The first-order chi connectivity index (χ1) is 16.2. The lowest BCUT2D eigenvalue weighted by atomic mass is 10.2. The molecular formula is C22H29ClN5O5P. The number of ether oxygens (including phenoxy) is 2. The summed E-state index contributed by atoms with van der Waals surface area (Å²) in [6, 6.07) is 6.19. The summed E-state index contributed by atoms with van der Waals surface area (Å²) in [6.45, 7) is 9.94. The van der Waals surface area contributed by atoms with Crippen LogP contribution < -0.4 is 10.4 Å². The highest BCUT2D eigenvalue weighted by Crippen LogP contribution is 2.44. The molecule has 1 aromatic carbocycles. The van der Waals surface area contributed by atoms with Crippen LogP contribution in [0.4, 0.5) is 5.82 Å². The molecule has 184 valence electrons. The summed E-state index contributed by atoms with van der Waals surface area (Å²) in [5.74, 6) is 0.872. The number of benzene rings is 1. The van der Waals surface area contributed by atoms with E-state index in [0.29, 0.717) is 28.8 Å². The van der Waals surface area contributed by atoms with Crippen LogP contribution in [0.1, 0.15) is 32.0 Å². The third-order valence-electron chi connectivity index (χ3n) is 4.80. The van der Waals surface area contributed by atoms with Crippen molar-refractivity contribution in [2.45, 2.75) is 40.0 Å². The van der Waals surface area contributed by atoms with E-state index in [1.807, 2.05) is 11.5 Å². The van der Waals surface area contributed by atoms with E-state index in [-0.39, 0.29) is 26.2 Å². The third-order valence-corrected chi connectivity index (χ3v) is 6.88. The summed E-state index contributed by atoms with van der Waals surface area (Å²) in [6.07, 6.45) is 1.41. The van der Waals surface area contributed by atoms with Crippen LogP contribution in [0.5, 0.6) is 0 Å². The second-order valence-corrected chi connectivity index (χ2v) is 10.2. The molecule has 34 heavy (non-hydrogen) atoms. The first-order valence-corrected chi connectivity index (χ1v) is 13.0. The van der Waals surface area contributed by atoms with Crippen molar-refractivity contribution in [3.05, 3.63) is 53.5 Å². The minimum absolute atomic E-state index is 0.0296. The van der Waals surface area contributed by atoms with E-state index >= 15 is 0 Å². The predicted octanol–water partition coefficient (Wildman–Crippen LogP) is 4.09.